The number of benzene rings is 2. The Morgan fingerprint density at radius 2 is 1.80 bits per heavy atom. The summed E-state index contributed by atoms with van der Waals surface area (Å²) in [5.41, 5.74) is 1.50. The fourth-order valence-corrected chi connectivity index (χ4v) is 5.14. The number of anilines is 1. The Kier molecular flexibility index (Phi) is 6.80. The van der Waals surface area contributed by atoms with E-state index < -0.39 is 28.0 Å². The number of nitrogens with zero attached hydrogens (tertiary/aromatic N) is 1. The second kappa shape index (κ2) is 9.16. The van der Waals surface area contributed by atoms with E-state index in [-0.39, 0.29) is 15.5 Å². The van der Waals surface area contributed by atoms with Gasteiger partial charge in [0.1, 0.15) is 4.90 Å². The van der Waals surface area contributed by atoms with Gasteiger partial charge >= 0.3 is 5.97 Å². The minimum Gasteiger partial charge on any atom is -0.449 e. The molecule has 1 atom stereocenters. The molecule has 0 spiro atoms. The highest BCUT2D eigenvalue weighted by atomic mass is 35.5. The summed E-state index contributed by atoms with van der Waals surface area (Å²) < 4.78 is 32.2. The van der Waals surface area contributed by atoms with Gasteiger partial charge in [0.2, 0.25) is 10.0 Å². The molecule has 7 nitrogen and oxygen atoms in total. The minimum atomic E-state index is -3.80. The van der Waals surface area contributed by atoms with Crippen LogP contribution in [0.5, 0.6) is 0 Å². The van der Waals surface area contributed by atoms with Gasteiger partial charge in [-0.3, -0.25) is 4.79 Å². The van der Waals surface area contributed by atoms with E-state index in [9.17, 15) is 18.0 Å². The summed E-state index contributed by atoms with van der Waals surface area (Å²) in [6, 6.07) is 11.2. The Morgan fingerprint density at radius 1 is 1.13 bits per heavy atom. The normalized spacial score (nSPS) is 15.6. The summed E-state index contributed by atoms with van der Waals surface area (Å²) in [6.45, 7) is 4.14. The first kappa shape index (κ1) is 22.3. The van der Waals surface area contributed by atoms with Crippen molar-refractivity contribution in [2.75, 3.05) is 18.4 Å². The maximum absolute atomic E-state index is 12.8. The minimum absolute atomic E-state index is 0.00714. The number of hydrogen-bond donors (Lipinski definition) is 1. The van der Waals surface area contributed by atoms with Crippen LogP contribution < -0.4 is 5.32 Å². The predicted octanol–water partition coefficient (Wildman–Crippen LogP) is 3.62. The van der Waals surface area contributed by atoms with Crippen molar-refractivity contribution < 1.29 is 22.7 Å². The number of nitrogens with one attached hydrogen (secondary N) is 1. The van der Waals surface area contributed by atoms with Crippen molar-refractivity contribution in [3.63, 3.8) is 0 Å². The van der Waals surface area contributed by atoms with Crippen LogP contribution in [0.3, 0.4) is 0 Å². The van der Waals surface area contributed by atoms with E-state index in [1.54, 1.807) is 12.1 Å². The van der Waals surface area contributed by atoms with Crippen molar-refractivity contribution in [2.24, 2.45) is 0 Å². The molecule has 0 radical (unpaired) electrons. The van der Waals surface area contributed by atoms with Gasteiger partial charge in [-0.1, -0.05) is 29.8 Å². The van der Waals surface area contributed by atoms with Crippen molar-refractivity contribution in [3.05, 3.63) is 58.6 Å². The first-order valence-corrected chi connectivity index (χ1v) is 11.4. The summed E-state index contributed by atoms with van der Waals surface area (Å²) in [4.78, 5) is 24.8. The monoisotopic (exact) mass is 450 g/mol. The van der Waals surface area contributed by atoms with Crippen LogP contribution in [0.1, 0.15) is 35.7 Å². The van der Waals surface area contributed by atoms with Gasteiger partial charge in [0.25, 0.3) is 5.91 Å². The van der Waals surface area contributed by atoms with E-state index in [0.717, 1.165) is 18.4 Å². The molecule has 0 saturated carbocycles. The molecule has 0 unspecified atom stereocenters. The molecule has 1 amide bonds. The fraction of sp³-hybridized carbons (Fsp3) is 0.333. The van der Waals surface area contributed by atoms with Gasteiger partial charge in [-0.25, -0.2) is 13.2 Å². The molecule has 1 N–H and O–H groups in total. The number of carbonyl (C=O) groups is 2. The molecule has 1 saturated heterocycles. The third-order valence-corrected chi connectivity index (χ3v) is 7.29. The third kappa shape index (κ3) is 4.83. The number of para-hydroxylation sites is 1. The van der Waals surface area contributed by atoms with Crippen LogP contribution in [0.15, 0.2) is 47.4 Å². The average molecular weight is 451 g/mol. The molecule has 3 rings (SSSR count). The molecule has 2 aromatic rings. The van der Waals surface area contributed by atoms with E-state index in [2.05, 4.69) is 5.32 Å². The average Bonchev–Trinajstić information content (AvgIpc) is 3.25. The molecule has 2 aromatic carbocycles. The topological polar surface area (TPSA) is 92.8 Å². The molecule has 30 heavy (non-hydrogen) atoms. The van der Waals surface area contributed by atoms with Crippen molar-refractivity contribution in [1.29, 1.82) is 0 Å². The molecule has 1 heterocycles. The van der Waals surface area contributed by atoms with Crippen LogP contribution in [0.2, 0.25) is 5.02 Å². The molecule has 1 aliphatic heterocycles. The first-order chi connectivity index (χ1) is 14.2. The van der Waals surface area contributed by atoms with Crippen molar-refractivity contribution in [3.8, 4) is 0 Å². The molecule has 0 aliphatic carbocycles. The summed E-state index contributed by atoms with van der Waals surface area (Å²) in [6.07, 6.45) is 0.490. The van der Waals surface area contributed by atoms with Gasteiger partial charge in [-0.05, 0) is 56.5 Å². The SMILES string of the molecule is Cc1ccccc1NC(=O)[C@H](C)OC(=O)c1ccc(Cl)c(S(=O)(=O)N2CCCC2)c1. The van der Waals surface area contributed by atoms with Crippen LogP contribution in [-0.4, -0.2) is 43.8 Å². The second-order valence-electron chi connectivity index (χ2n) is 7.11. The lowest BCUT2D eigenvalue weighted by Gasteiger charge is -2.18. The molecular weight excluding hydrogens is 428 g/mol. The third-order valence-electron chi connectivity index (χ3n) is 4.91. The van der Waals surface area contributed by atoms with E-state index in [1.165, 1.54) is 29.4 Å². The standard InChI is InChI=1S/C21H23ClN2O5S/c1-14-7-3-4-8-18(14)23-20(25)15(2)29-21(26)16-9-10-17(22)19(13-16)30(27,28)24-11-5-6-12-24/h3-4,7-10,13,15H,5-6,11-12H2,1-2H3,(H,23,25)/t15-/m0/s1. The Morgan fingerprint density at radius 3 is 2.47 bits per heavy atom. The molecule has 1 aliphatic rings. The number of halogens is 1. The summed E-state index contributed by atoms with van der Waals surface area (Å²) in [7, 11) is -3.80. The quantitative estimate of drug-likeness (QED) is 0.678. The number of esters is 1. The van der Waals surface area contributed by atoms with E-state index in [1.807, 2.05) is 19.1 Å². The molecular formula is C21H23ClN2O5S. The van der Waals surface area contributed by atoms with Gasteiger partial charge in [0.05, 0.1) is 10.6 Å². The molecule has 1 fully saturated rings. The van der Waals surface area contributed by atoms with Crippen molar-refractivity contribution in [1.82, 2.24) is 4.31 Å². The number of sulfonamides is 1. The maximum Gasteiger partial charge on any atom is 0.338 e. The first-order valence-electron chi connectivity index (χ1n) is 9.57. The number of rotatable bonds is 6. The van der Waals surface area contributed by atoms with E-state index >= 15 is 0 Å². The number of aryl methyl sites for hydroxylation is 1. The number of hydrogen-bond acceptors (Lipinski definition) is 5. The summed E-state index contributed by atoms with van der Waals surface area (Å²) >= 11 is 6.10. The molecule has 0 aromatic heterocycles. The van der Waals surface area contributed by atoms with Gasteiger partial charge in [0, 0.05) is 18.8 Å². The number of ether oxygens (including phenoxy) is 1. The van der Waals surface area contributed by atoms with Gasteiger partial charge in [-0.15, -0.1) is 0 Å². The lowest BCUT2D eigenvalue weighted by atomic mass is 10.2. The Labute approximate surface area is 181 Å². The highest BCUT2D eigenvalue weighted by molar-refractivity contribution is 7.89. The molecule has 0 bridgehead atoms. The summed E-state index contributed by atoms with van der Waals surface area (Å²) in [5.74, 6) is -1.30. The van der Waals surface area contributed by atoms with Gasteiger partial charge in [0.15, 0.2) is 6.10 Å². The zero-order chi connectivity index (χ0) is 21.9. The maximum atomic E-state index is 12.8. The zero-order valence-electron chi connectivity index (χ0n) is 16.7. The predicted molar refractivity (Wildman–Crippen MR) is 114 cm³/mol. The van der Waals surface area contributed by atoms with Crippen LogP contribution in [0, 0.1) is 6.92 Å². The van der Waals surface area contributed by atoms with Crippen molar-refractivity contribution in [2.45, 2.75) is 37.7 Å². The number of carbonyl (C=O) groups excluding carboxylic acids is 2. The smallest absolute Gasteiger partial charge is 0.338 e. The van der Waals surface area contributed by atoms with Crippen LogP contribution >= 0.6 is 11.6 Å². The second-order valence-corrected chi connectivity index (χ2v) is 9.42. The molecule has 9 heteroatoms. The van der Waals surface area contributed by atoms with Crippen LogP contribution in [0.25, 0.3) is 0 Å². The van der Waals surface area contributed by atoms with Crippen LogP contribution in [-0.2, 0) is 19.6 Å². The Hall–Kier alpha value is -2.42. The lowest BCUT2D eigenvalue weighted by molar-refractivity contribution is -0.123. The fourth-order valence-electron chi connectivity index (χ4n) is 3.13. The van der Waals surface area contributed by atoms with Gasteiger partial charge < -0.3 is 10.1 Å². The van der Waals surface area contributed by atoms with Crippen molar-refractivity contribution >= 4 is 39.2 Å². The Balaban J connectivity index is 1.74. The zero-order valence-corrected chi connectivity index (χ0v) is 18.3. The summed E-state index contributed by atoms with van der Waals surface area (Å²) in [5, 5.41) is 2.74. The lowest BCUT2D eigenvalue weighted by Crippen LogP contribution is -2.30. The highest BCUT2D eigenvalue weighted by Crippen LogP contribution is 2.28. The Bertz CT molecular complexity index is 1060. The van der Waals surface area contributed by atoms with Gasteiger partial charge in [-0.2, -0.15) is 4.31 Å². The van der Waals surface area contributed by atoms with Crippen LogP contribution in [0.4, 0.5) is 5.69 Å². The largest absolute Gasteiger partial charge is 0.449 e. The number of amides is 1. The van der Waals surface area contributed by atoms with E-state index in [0.29, 0.717) is 18.8 Å². The molecule has 160 valence electrons. The van der Waals surface area contributed by atoms with E-state index in [4.69, 9.17) is 16.3 Å². The highest BCUT2D eigenvalue weighted by Gasteiger charge is 2.30.